The summed E-state index contributed by atoms with van der Waals surface area (Å²) in [5.74, 6) is -1.53. The highest BCUT2D eigenvalue weighted by molar-refractivity contribution is 5.79. The third kappa shape index (κ3) is 4.67. The Bertz CT molecular complexity index is 839. The van der Waals surface area contributed by atoms with Crippen molar-refractivity contribution in [3.63, 3.8) is 0 Å². The van der Waals surface area contributed by atoms with Crippen molar-refractivity contribution in [3.05, 3.63) is 59.7 Å². The molecule has 0 aromatic heterocycles. The number of hydrogen-bond donors (Lipinski definition) is 2. The van der Waals surface area contributed by atoms with Gasteiger partial charge in [-0.15, -0.1) is 0 Å². The molecule has 2 aromatic rings. The highest BCUT2D eigenvalue weighted by atomic mass is 16.6. The third-order valence-electron chi connectivity index (χ3n) is 4.63. The molecule has 0 saturated carbocycles. The summed E-state index contributed by atoms with van der Waals surface area (Å²) in [7, 11) is 0. The maximum atomic E-state index is 12.1. The Labute approximate surface area is 159 Å². The molecule has 2 unspecified atom stereocenters. The summed E-state index contributed by atoms with van der Waals surface area (Å²) in [6.07, 6.45) is 0.425. The van der Waals surface area contributed by atoms with E-state index in [2.05, 4.69) is 5.32 Å². The minimum atomic E-state index is -0.878. The molecule has 0 aliphatic heterocycles. The van der Waals surface area contributed by atoms with Gasteiger partial charge in [-0.2, -0.15) is 0 Å². The van der Waals surface area contributed by atoms with Crippen molar-refractivity contribution in [2.45, 2.75) is 51.2 Å². The van der Waals surface area contributed by atoms with Gasteiger partial charge in [-0.25, -0.2) is 4.79 Å². The fourth-order valence-electron chi connectivity index (χ4n) is 3.49. The summed E-state index contributed by atoms with van der Waals surface area (Å²) in [5, 5.41) is 12.6. The summed E-state index contributed by atoms with van der Waals surface area (Å²) in [4.78, 5) is 24.0. The van der Waals surface area contributed by atoms with Crippen molar-refractivity contribution in [1.29, 1.82) is 0 Å². The van der Waals surface area contributed by atoms with Crippen LogP contribution in [0.15, 0.2) is 48.5 Å². The second kappa shape index (κ2) is 7.43. The van der Waals surface area contributed by atoms with Crippen LogP contribution >= 0.6 is 0 Å². The lowest BCUT2D eigenvalue weighted by Gasteiger charge is -2.31. The first-order chi connectivity index (χ1) is 12.7. The topological polar surface area (TPSA) is 75.6 Å². The number of carbonyl (C=O) groups is 2. The molecule has 2 atom stereocenters. The first-order valence-corrected chi connectivity index (χ1v) is 9.13. The zero-order valence-electron chi connectivity index (χ0n) is 15.9. The predicted molar refractivity (Wildman–Crippen MR) is 104 cm³/mol. The first-order valence-electron chi connectivity index (χ1n) is 9.13. The Hall–Kier alpha value is -2.82. The van der Waals surface area contributed by atoms with Crippen molar-refractivity contribution >= 4 is 12.1 Å². The normalized spacial score (nSPS) is 19.1. The van der Waals surface area contributed by atoms with Crippen LogP contribution in [-0.2, 0) is 16.0 Å². The molecule has 0 saturated heterocycles. The lowest BCUT2D eigenvalue weighted by Crippen LogP contribution is -2.43. The number of hydrogen-bond acceptors (Lipinski definition) is 3. The van der Waals surface area contributed by atoms with Crippen molar-refractivity contribution in [2.75, 3.05) is 0 Å². The van der Waals surface area contributed by atoms with Crippen molar-refractivity contribution < 1.29 is 19.4 Å². The maximum Gasteiger partial charge on any atom is 0.407 e. The van der Waals surface area contributed by atoms with Crippen LogP contribution < -0.4 is 5.32 Å². The van der Waals surface area contributed by atoms with E-state index in [9.17, 15) is 14.7 Å². The van der Waals surface area contributed by atoms with Crippen molar-refractivity contribution in [3.8, 4) is 11.1 Å². The van der Waals surface area contributed by atoms with Gasteiger partial charge in [0.15, 0.2) is 0 Å². The molecular formula is C22H25NO4. The molecular weight excluding hydrogens is 342 g/mol. The van der Waals surface area contributed by atoms with Crippen LogP contribution in [0.3, 0.4) is 0 Å². The average molecular weight is 367 g/mol. The van der Waals surface area contributed by atoms with E-state index in [1.54, 1.807) is 20.8 Å². The fourth-order valence-corrected chi connectivity index (χ4v) is 3.49. The fraction of sp³-hybridized carbons (Fsp3) is 0.364. The zero-order valence-corrected chi connectivity index (χ0v) is 15.9. The number of aliphatic carboxylic acids is 1. The lowest BCUT2D eigenvalue weighted by molar-refractivity contribution is -0.139. The molecule has 0 fully saturated rings. The molecule has 0 radical (unpaired) electrons. The summed E-state index contributed by atoms with van der Waals surface area (Å²) < 4.78 is 5.30. The number of carboxylic acids is 1. The van der Waals surface area contributed by atoms with Gasteiger partial charge in [0.25, 0.3) is 0 Å². The molecule has 0 bridgehead atoms. The van der Waals surface area contributed by atoms with E-state index < -0.39 is 23.6 Å². The minimum absolute atomic E-state index is 0.268. The van der Waals surface area contributed by atoms with E-state index >= 15 is 0 Å². The number of carboxylic acid groups (broad SMARTS) is 1. The second-order valence-corrected chi connectivity index (χ2v) is 7.95. The highest BCUT2D eigenvalue weighted by Crippen LogP contribution is 2.35. The number of ether oxygens (including phenoxy) is 1. The molecule has 1 aliphatic carbocycles. The van der Waals surface area contributed by atoms with Crippen LogP contribution in [0.1, 0.15) is 44.2 Å². The molecule has 1 aliphatic rings. The predicted octanol–water partition coefficient (Wildman–Crippen LogP) is 4.36. The second-order valence-electron chi connectivity index (χ2n) is 7.95. The Morgan fingerprint density at radius 1 is 1.07 bits per heavy atom. The summed E-state index contributed by atoms with van der Waals surface area (Å²) in [5.41, 5.74) is 3.24. The van der Waals surface area contributed by atoms with Crippen LogP contribution in [0.4, 0.5) is 4.79 Å². The Kier molecular flexibility index (Phi) is 5.22. The molecule has 5 heteroatoms. The first kappa shape index (κ1) is 19.0. The molecule has 1 amide bonds. The summed E-state index contributed by atoms with van der Waals surface area (Å²) in [6.45, 7) is 5.40. The van der Waals surface area contributed by atoms with Gasteiger partial charge in [-0.3, -0.25) is 4.79 Å². The minimum Gasteiger partial charge on any atom is -0.481 e. The van der Waals surface area contributed by atoms with E-state index in [1.807, 2.05) is 48.5 Å². The molecule has 3 rings (SSSR count). The number of fused-ring (bicyclic) bond motifs is 1. The maximum absolute atomic E-state index is 12.1. The third-order valence-corrected chi connectivity index (χ3v) is 4.63. The van der Waals surface area contributed by atoms with E-state index in [4.69, 9.17) is 4.74 Å². The standard InChI is InChI=1S/C22H25NO4/c1-22(2,3)27-21(26)23-17-11-16-10-9-15(14-7-5-4-6-8-14)12-18(16)19(13-17)20(24)25/h4-10,12,17,19H,11,13H2,1-3H3,(H,23,26)(H,24,25). The number of benzene rings is 2. The van der Waals surface area contributed by atoms with Gasteiger partial charge in [0.05, 0.1) is 5.92 Å². The van der Waals surface area contributed by atoms with Crippen LogP contribution in [0, 0.1) is 0 Å². The van der Waals surface area contributed by atoms with E-state index in [0.717, 1.165) is 22.3 Å². The lowest BCUT2D eigenvalue weighted by atomic mass is 9.79. The molecule has 0 heterocycles. The number of carbonyl (C=O) groups excluding carboxylic acids is 1. The molecule has 2 N–H and O–H groups in total. The molecule has 0 spiro atoms. The zero-order chi connectivity index (χ0) is 19.6. The van der Waals surface area contributed by atoms with E-state index in [-0.39, 0.29) is 6.04 Å². The monoisotopic (exact) mass is 367 g/mol. The summed E-state index contributed by atoms with van der Waals surface area (Å²) >= 11 is 0. The Morgan fingerprint density at radius 2 is 1.78 bits per heavy atom. The van der Waals surface area contributed by atoms with Crippen molar-refractivity contribution in [1.82, 2.24) is 5.32 Å². The van der Waals surface area contributed by atoms with Crippen LogP contribution in [0.5, 0.6) is 0 Å². The Morgan fingerprint density at radius 3 is 2.41 bits per heavy atom. The smallest absolute Gasteiger partial charge is 0.407 e. The Balaban J connectivity index is 1.84. The van der Waals surface area contributed by atoms with Gasteiger partial charge in [-0.1, -0.05) is 48.5 Å². The molecule has 27 heavy (non-hydrogen) atoms. The van der Waals surface area contributed by atoms with Gasteiger partial charge >= 0.3 is 12.1 Å². The number of nitrogens with one attached hydrogen (secondary N) is 1. The molecule has 2 aromatic carbocycles. The van der Waals surface area contributed by atoms with Crippen LogP contribution in [0.25, 0.3) is 11.1 Å². The number of rotatable bonds is 3. The highest BCUT2D eigenvalue weighted by Gasteiger charge is 2.33. The molecule has 5 nitrogen and oxygen atoms in total. The van der Waals surface area contributed by atoms with Gasteiger partial charge in [0, 0.05) is 6.04 Å². The number of alkyl carbamates (subject to hydrolysis) is 1. The van der Waals surface area contributed by atoms with Crippen LogP contribution in [-0.4, -0.2) is 28.8 Å². The quantitative estimate of drug-likeness (QED) is 0.845. The van der Waals surface area contributed by atoms with Crippen LogP contribution in [0.2, 0.25) is 0 Å². The summed E-state index contributed by atoms with van der Waals surface area (Å²) in [6, 6.07) is 15.6. The molecule has 142 valence electrons. The van der Waals surface area contributed by atoms with E-state index in [0.29, 0.717) is 12.8 Å². The SMILES string of the molecule is CC(C)(C)OC(=O)NC1Cc2ccc(-c3ccccc3)cc2C(C(=O)O)C1. The van der Waals surface area contributed by atoms with Gasteiger partial charge < -0.3 is 15.2 Å². The van der Waals surface area contributed by atoms with Crippen molar-refractivity contribution in [2.24, 2.45) is 0 Å². The van der Waals surface area contributed by atoms with E-state index in [1.165, 1.54) is 0 Å². The van der Waals surface area contributed by atoms with Gasteiger partial charge in [-0.05, 0) is 55.9 Å². The number of amides is 1. The van der Waals surface area contributed by atoms with Gasteiger partial charge in [0.1, 0.15) is 5.60 Å². The largest absolute Gasteiger partial charge is 0.481 e. The van der Waals surface area contributed by atoms with Gasteiger partial charge in [0.2, 0.25) is 0 Å². The average Bonchev–Trinajstić information content (AvgIpc) is 2.59.